The van der Waals surface area contributed by atoms with Crippen LogP contribution in [0.5, 0.6) is 0 Å². The van der Waals surface area contributed by atoms with Crippen LogP contribution in [-0.2, 0) is 0 Å². The predicted molar refractivity (Wildman–Crippen MR) is 83.5 cm³/mol. The summed E-state index contributed by atoms with van der Waals surface area (Å²) in [5, 5.41) is 5.69. The molecule has 0 saturated carbocycles. The lowest BCUT2D eigenvalue weighted by Gasteiger charge is -2.08. The van der Waals surface area contributed by atoms with Crippen molar-refractivity contribution in [2.45, 2.75) is 20.3 Å². The molecule has 0 unspecified atom stereocenters. The molecule has 0 aliphatic carbocycles. The van der Waals surface area contributed by atoms with Crippen LogP contribution in [0.25, 0.3) is 0 Å². The van der Waals surface area contributed by atoms with Crippen molar-refractivity contribution < 1.29 is 9.18 Å². The maximum absolute atomic E-state index is 13.1. The van der Waals surface area contributed by atoms with E-state index in [1.807, 2.05) is 0 Å². The van der Waals surface area contributed by atoms with Gasteiger partial charge in [0.25, 0.3) is 5.91 Å². The minimum absolute atomic E-state index is 0.245. The lowest BCUT2D eigenvalue weighted by Crippen LogP contribution is -2.26. The number of nitrogens with zero attached hydrogens (tertiary/aromatic N) is 2. The minimum Gasteiger partial charge on any atom is -0.351 e. The monoisotopic (exact) mass is 302 g/mol. The number of benzene rings is 1. The Morgan fingerprint density at radius 1 is 1.32 bits per heavy atom. The van der Waals surface area contributed by atoms with Crippen molar-refractivity contribution in [3.05, 3.63) is 48.0 Å². The summed E-state index contributed by atoms with van der Waals surface area (Å²) in [6.07, 6.45) is 2.40. The first kappa shape index (κ1) is 15.9. The smallest absolute Gasteiger partial charge is 0.270 e. The van der Waals surface area contributed by atoms with Crippen LogP contribution in [0.3, 0.4) is 0 Å². The van der Waals surface area contributed by atoms with Crippen LogP contribution in [0, 0.1) is 11.7 Å². The molecule has 6 heteroatoms. The maximum atomic E-state index is 13.1. The summed E-state index contributed by atoms with van der Waals surface area (Å²) in [5.74, 6) is 0.177. The Hall–Kier alpha value is -2.50. The summed E-state index contributed by atoms with van der Waals surface area (Å²) in [4.78, 5) is 20.2. The molecule has 0 radical (unpaired) electrons. The quantitative estimate of drug-likeness (QED) is 0.860. The third kappa shape index (κ3) is 4.80. The van der Waals surface area contributed by atoms with E-state index in [9.17, 15) is 9.18 Å². The molecule has 22 heavy (non-hydrogen) atoms. The van der Waals surface area contributed by atoms with Gasteiger partial charge in [0.2, 0.25) is 5.95 Å². The number of rotatable bonds is 6. The molecule has 0 fully saturated rings. The van der Waals surface area contributed by atoms with Crippen molar-refractivity contribution in [3.63, 3.8) is 0 Å². The van der Waals surface area contributed by atoms with Crippen molar-refractivity contribution in [1.82, 2.24) is 15.3 Å². The summed E-state index contributed by atoms with van der Waals surface area (Å²) in [5.41, 5.74) is 0.801. The Kier molecular flexibility index (Phi) is 5.41. The highest BCUT2D eigenvalue weighted by Crippen LogP contribution is 2.13. The second-order valence-electron chi connectivity index (χ2n) is 5.34. The summed E-state index contributed by atoms with van der Waals surface area (Å²) in [6.45, 7) is 4.79. The van der Waals surface area contributed by atoms with Crippen LogP contribution in [0.2, 0.25) is 0 Å². The van der Waals surface area contributed by atoms with Gasteiger partial charge in [-0.25, -0.2) is 14.4 Å². The Balaban J connectivity index is 2.01. The van der Waals surface area contributed by atoms with Gasteiger partial charge in [0.1, 0.15) is 11.5 Å². The molecule has 116 valence electrons. The topological polar surface area (TPSA) is 66.9 Å². The van der Waals surface area contributed by atoms with Gasteiger partial charge in [0.15, 0.2) is 0 Å². The Bertz CT molecular complexity index is 646. The number of halogens is 1. The molecular formula is C16H19FN4O. The van der Waals surface area contributed by atoms with Crippen LogP contribution >= 0.6 is 0 Å². The van der Waals surface area contributed by atoms with Gasteiger partial charge in [-0.3, -0.25) is 4.79 Å². The average Bonchev–Trinajstić information content (AvgIpc) is 2.47. The van der Waals surface area contributed by atoms with E-state index in [0.29, 0.717) is 18.2 Å². The van der Waals surface area contributed by atoms with Gasteiger partial charge < -0.3 is 10.6 Å². The van der Waals surface area contributed by atoms with Crippen molar-refractivity contribution in [2.24, 2.45) is 5.92 Å². The molecule has 0 bridgehead atoms. The molecule has 2 N–H and O–H groups in total. The zero-order valence-corrected chi connectivity index (χ0v) is 12.6. The first-order valence-corrected chi connectivity index (χ1v) is 7.18. The summed E-state index contributed by atoms with van der Waals surface area (Å²) < 4.78 is 13.1. The molecule has 1 aromatic carbocycles. The molecule has 0 aliphatic rings. The first-order chi connectivity index (χ1) is 10.5. The van der Waals surface area contributed by atoms with Gasteiger partial charge in [-0.05, 0) is 36.6 Å². The zero-order valence-electron chi connectivity index (χ0n) is 12.6. The number of amides is 1. The first-order valence-electron chi connectivity index (χ1n) is 7.18. The number of carbonyl (C=O) groups excluding carboxylic acids is 1. The highest BCUT2D eigenvalue weighted by Gasteiger charge is 2.09. The van der Waals surface area contributed by atoms with Crippen molar-refractivity contribution in [1.29, 1.82) is 0 Å². The summed E-state index contributed by atoms with van der Waals surface area (Å²) >= 11 is 0. The molecule has 0 saturated heterocycles. The number of nitrogens with one attached hydrogen (secondary N) is 2. The number of hydrogen-bond acceptors (Lipinski definition) is 4. The van der Waals surface area contributed by atoms with Gasteiger partial charge in [0, 0.05) is 18.4 Å². The summed E-state index contributed by atoms with van der Waals surface area (Å²) in [6, 6.07) is 7.51. The largest absolute Gasteiger partial charge is 0.351 e. The standard InChI is InChI=1S/C16H19FN4O/c1-11(2)6-8-18-15(22)14-7-9-19-16(21-14)20-13-5-3-4-12(17)10-13/h3-5,7,9-11H,6,8H2,1-2H3,(H,18,22)(H,19,20,21). The Morgan fingerprint density at radius 2 is 2.14 bits per heavy atom. The third-order valence-corrected chi connectivity index (χ3v) is 2.98. The molecule has 0 spiro atoms. The van der Waals surface area contributed by atoms with E-state index >= 15 is 0 Å². The second kappa shape index (κ2) is 7.49. The van der Waals surface area contributed by atoms with Gasteiger partial charge in [-0.1, -0.05) is 19.9 Å². The highest BCUT2D eigenvalue weighted by atomic mass is 19.1. The van der Waals surface area contributed by atoms with E-state index in [-0.39, 0.29) is 23.4 Å². The molecule has 1 amide bonds. The van der Waals surface area contributed by atoms with Gasteiger partial charge in [0.05, 0.1) is 0 Å². The third-order valence-electron chi connectivity index (χ3n) is 2.98. The van der Waals surface area contributed by atoms with Crippen LogP contribution in [0.4, 0.5) is 16.0 Å². The van der Waals surface area contributed by atoms with Crippen LogP contribution in [-0.4, -0.2) is 22.4 Å². The molecule has 0 atom stereocenters. The second-order valence-corrected chi connectivity index (χ2v) is 5.34. The van der Waals surface area contributed by atoms with Gasteiger partial charge in [-0.15, -0.1) is 0 Å². The number of anilines is 2. The number of carbonyl (C=O) groups is 1. The Morgan fingerprint density at radius 3 is 2.86 bits per heavy atom. The number of hydrogen-bond donors (Lipinski definition) is 2. The van der Waals surface area contributed by atoms with E-state index in [2.05, 4.69) is 34.4 Å². The average molecular weight is 302 g/mol. The van der Waals surface area contributed by atoms with Crippen LogP contribution < -0.4 is 10.6 Å². The van der Waals surface area contributed by atoms with E-state index in [1.54, 1.807) is 18.2 Å². The SMILES string of the molecule is CC(C)CCNC(=O)c1ccnc(Nc2cccc(F)c2)n1. The van der Waals surface area contributed by atoms with Crippen LogP contribution in [0.15, 0.2) is 36.5 Å². The van der Waals surface area contributed by atoms with E-state index in [0.717, 1.165) is 6.42 Å². The fourth-order valence-electron chi connectivity index (χ4n) is 1.81. The molecule has 1 aromatic heterocycles. The lowest BCUT2D eigenvalue weighted by atomic mass is 10.1. The fourth-order valence-corrected chi connectivity index (χ4v) is 1.81. The van der Waals surface area contributed by atoms with Gasteiger partial charge in [-0.2, -0.15) is 0 Å². The van der Waals surface area contributed by atoms with Gasteiger partial charge >= 0.3 is 0 Å². The van der Waals surface area contributed by atoms with Crippen molar-refractivity contribution in [2.75, 3.05) is 11.9 Å². The van der Waals surface area contributed by atoms with Crippen LogP contribution in [0.1, 0.15) is 30.8 Å². The predicted octanol–water partition coefficient (Wildman–Crippen LogP) is 3.14. The van der Waals surface area contributed by atoms with E-state index in [4.69, 9.17) is 0 Å². The molecule has 1 heterocycles. The van der Waals surface area contributed by atoms with Crippen molar-refractivity contribution >= 4 is 17.5 Å². The normalized spacial score (nSPS) is 10.5. The lowest BCUT2D eigenvalue weighted by molar-refractivity contribution is 0.0947. The maximum Gasteiger partial charge on any atom is 0.270 e. The van der Waals surface area contributed by atoms with E-state index in [1.165, 1.54) is 18.3 Å². The molecule has 0 aliphatic heterocycles. The minimum atomic E-state index is -0.354. The van der Waals surface area contributed by atoms with E-state index < -0.39 is 0 Å². The Labute approximate surface area is 129 Å². The summed E-state index contributed by atoms with van der Waals surface area (Å²) in [7, 11) is 0. The molecule has 2 aromatic rings. The molecular weight excluding hydrogens is 283 g/mol. The molecule has 2 rings (SSSR count). The molecule has 5 nitrogen and oxygen atoms in total. The van der Waals surface area contributed by atoms with Crippen molar-refractivity contribution in [3.8, 4) is 0 Å². The highest BCUT2D eigenvalue weighted by molar-refractivity contribution is 5.92. The number of aromatic nitrogens is 2. The fraction of sp³-hybridized carbons (Fsp3) is 0.312. The zero-order chi connectivity index (χ0) is 15.9.